The van der Waals surface area contributed by atoms with Crippen LogP contribution in [0.3, 0.4) is 0 Å². The number of hydrogen-bond acceptors (Lipinski definition) is 11. The van der Waals surface area contributed by atoms with Crippen molar-refractivity contribution in [2.45, 2.75) is 60.7 Å². The van der Waals surface area contributed by atoms with Gasteiger partial charge in [0.05, 0.1) is 6.61 Å². The fourth-order valence-corrected chi connectivity index (χ4v) is 2.83. The molecule has 2 fully saturated rings. The predicted molar refractivity (Wildman–Crippen MR) is 69.2 cm³/mol. The van der Waals surface area contributed by atoms with Crippen molar-refractivity contribution in [2.75, 3.05) is 6.61 Å². The number of aliphatic hydroxyl groups excluding tert-OH is 7. The Morgan fingerprint density at radius 3 is 2.00 bits per heavy atom. The molecule has 0 bridgehead atoms. The van der Waals surface area contributed by atoms with Crippen molar-refractivity contribution in [2.24, 2.45) is 0 Å². The van der Waals surface area contributed by atoms with Crippen LogP contribution in [0.15, 0.2) is 0 Å². The van der Waals surface area contributed by atoms with E-state index in [4.69, 9.17) is 19.7 Å². The van der Waals surface area contributed by atoms with Gasteiger partial charge in [0, 0.05) is 0 Å². The Bertz CT molecular complexity index is 471. The molecule has 140 valence electrons. The van der Waals surface area contributed by atoms with Gasteiger partial charge in [-0.3, -0.25) is 0 Å². The average molecular weight is 356 g/mol. The van der Waals surface area contributed by atoms with Crippen LogP contribution >= 0.6 is 0 Å². The van der Waals surface area contributed by atoms with Crippen LogP contribution in [0.4, 0.5) is 0 Å². The second-order valence-corrected chi connectivity index (χ2v) is 5.80. The molecule has 2 aliphatic heterocycles. The van der Waals surface area contributed by atoms with Gasteiger partial charge in [-0.15, -0.1) is 0 Å². The summed E-state index contributed by atoms with van der Waals surface area (Å²) in [7, 11) is 0. The second-order valence-electron chi connectivity index (χ2n) is 5.80. The molecular weight excluding hydrogens is 336 g/mol. The number of hydrogen-bond donors (Lipinski definition) is 9. The molecule has 10 atom stereocenters. The minimum atomic E-state index is -3.06. The fraction of sp³-hybridized carbons (Fsp3) is 0.917. The Balaban J connectivity index is 2.37. The number of rotatable bonds is 3. The van der Waals surface area contributed by atoms with Gasteiger partial charge in [0.1, 0.15) is 48.8 Å². The molecule has 2 heterocycles. The fourth-order valence-electron chi connectivity index (χ4n) is 2.83. The third-order valence-electron chi connectivity index (χ3n) is 4.27. The van der Waals surface area contributed by atoms with E-state index in [2.05, 4.69) is 0 Å². The number of aliphatic hydroxyl groups is 8. The van der Waals surface area contributed by atoms with Gasteiger partial charge in [-0.1, -0.05) is 0 Å². The van der Waals surface area contributed by atoms with E-state index in [1.54, 1.807) is 0 Å². The SMILES string of the molecule is O=C(O)[C@H]1O[C@](O)([C@@H]2O[C@H](CO)[C@@H](O)[C@H](O)[C@H]2O)[C@H](O)[C@@H](O)[C@@H]1O. The van der Waals surface area contributed by atoms with Crippen molar-refractivity contribution in [3.8, 4) is 0 Å². The maximum absolute atomic E-state index is 11.1. The van der Waals surface area contributed by atoms with E-state index < -0.39 is 73.3 Å². The molecule has 12 heteroatoms. The van der Waals surface area contributed by atoms with Crippen molar-refractivity contribution >= 4 is 5.97 Å². The van der Waals surface area contributed by atoms with Gasteiger partial charge < -0.3 is 55.4 Å². The smallest absolute Gasteiger partial charge is 0.335 e. The normalized spacial score (nSPS) is 52.9. The van der Waals surface area contributed by atoms with E-state index in [-0.39, 0.29) is 0 Å². The lowest BCUT2D eigenvalue weighted by Gasteiger charge is -2.52. The predicted octanol–water partition coefficient (Wildman–Crippen LogP) is -5.92. The van der Waals surface area contributed by atoms with Crippen molar-refractivity contribution in [1.82, 2.24) is 0 Å². The van der Waals surface area contributed by atoms with Crippen LogP contribution in [-0.4, -0.2) is 119 Å². The zero-order valence-corrected chi connectivity index (χ0v) is 12.2. The highest BCUT2D eigenvalue weighted by atomic mass is 16.7. The lowest BCUT2D eigenvalue weighted by Crippen LogP contribution is -2.75. The van der Waals surface area contributed by atoms with E-state index in [0.29, 0.717) is 0 Å². The van der Waals surface area contributed by atoms with Gasteiger partial charge in [0.15, 0.2) is 6.10 Å². The Morgan fingerprint density at radius 2 is 1.50 bits per heavy atom. The monoisotopic (exact) mass is 356 g/mol. The van der Waals surface area contributed by atoms with Crippen molar-refractivity contribution in [3.05, 3.63) is 0 Å². The van der Waals surface area contributed by atoms with E-state index in [9.17, 15) is 40.5 Å². The van der Waals surface area contributed by atoms with Gasteiger partial charge in [0.2, 0.25) is 5.79 Å². The van der Waals surface area contributed by atoms with E-state index in [1.165, 1.54) is 0 Å². The molecular formula is C12H20O12. The van der Waals surface area contributed by atoms with Crippen molar-refractivity contribution < 1.29 is 60.2 Å². The summed E-state index contributed by atoms with van der Waals surface area (Å²) in [5, 5.41) is 87.3. The molecule has 9 N–H and O–H groups in total. The highest BCUT2D eigenvalue weighted by molar-refractivity contribution is 5.73. The minimum Gasteiger partial charge on any atom is -0.479 e. The summed E-state index contributed by atoms with van der Waals surface area (Å²) >= 11 is 0. The molecule has 0 radical (unpaired) electrons. The van der Waals surface area contributed by atoms with Gasteiger partial charge in [-0.25, -0.2) is 4.79 Å². The van der Waals surface area contributed by atoms with Crippen LogP contribution in [0.2, 0.25) is 0 Å². The number of ether oxygens (including phenoxy) is 2. The summed E-state index contributed by atoms with van der Waals surface area (Å²) in [5.41, 5.74) is 0. The number of aliphatic carboxylic acids is 1. The van der Waals surface area contributed by atoms with Crippen LogP contribution in [0.1, 0.15) is 0 Å². The maximum atomic E-state index is 11.1. The molecule has 12 nitrogen and oxygen atoms in total. The van der Waals surface area contributed by atoms with Gasteiger partial charge >= 0.3 is 5.97 Å². The highest BCUT2D eigenvalue weighted by Crippen LogP contribution is 2.37. The Labute approximate surface area is 134 Å². The first-order chi connectivity index (χ1) is 11.1. The Kier molecular flexibility index (Phi) is 5.46. The van der Waals surface area contributed by atoms with Crippen LogP contribution in [0.5, 0.6) is 0 Å². The molecule has 0 saturated carbocycles. The van der Waals surface area contributed by atoms with Crippen LogP contribution in [0.25, 0.3) is 0 Å². The van der Waals surface area contributed by atoms with Gasteiger partial charge in [0.25, 0.3) is 0 Å². The lowest BCUT2D eigenvalue weighted by molar-refractivity contribution is -0.400. The quantitative estimate of drug-likeness (QED) is 0.231. The zero-order valence-electron chi connectivity index (χ0n) is 12.2. The van der Waals surface area contributed by atoms with Gasteiger partial charge in [-0.2, -0.15) is 0 Å². The first kappa shape index (κ1) is 19.4. The molecule has 2 aliphatic rings. The molecule has 24 heavy (non-hydrogen) atoms. The topological polar surface area (TPSA) is 218 Å². The first-order valence-electron chi connectivity index (χ1n) is 7.04. The molecule has 0 amide bonds. The third kappa shape index (κ3) is 2.90. The van der Waals surface area contributed by atoms with Crippen molar-refractivity contribution in [3.63, 3.8) is 0 Å². The standard InChI is InChI=1S/C12H20O12/c13-1-2-3(14)4(15)7(18)10(23-2)12(22)9(19)6(17)5(16)8(24-12)11(20)21/h2-10,13-19,22H,1H2,(H,20,21)/t2-,3-,4+,5+,6+,7-,8+,9-,10-,12+/m1/s1. The summed E-state index contributed by atoms with van der Waals surface area (Å²) < 4.78 is 9.78. The molecule has 0 spiro atoms. The van der Waals surface area contributed by atoms with Crippen LogP contribution < -0.4 is 0 Å². The molecule has 2 saturated heterocycles. The summed E-state index contributed by atoms with van der Waals surface area (Å²) in [5.74, 6) is -4.84. The second kappa shape index (κ2) is 6.76. The molecule has 2 rings (SSSR count). The number of carbonyl (C=O) groups is 1. The summed E-state index contributed by atoms with van der Waals surface area (Å²) in [4.78, 5) is 11.1. The number of carboxylic acids is 1. The molecule has 0 aromatic carbocycles. The first-order valence-corrected chi connectivity index (χ1v) is 7.04. The molecule has 0 aliphatic carbocycles. The van der Waals surface area contributed by atoms with E-state index in [0.717, 1.165) is 0 Å². The largest absolute Gasteiger partial charge is 0.479 e. The van der Waals surface area contributed by atoms with Gasteiger partial charge in [-0.05, 0) is 0 Å². The molecule has 0 unspecified atom stereocenters. The minimum absolute atomic E-state index is 0.846. The molecule has 0 aromatic heterocycles. The average Bonchev–Trinajstić information content (AvgIpc) is 2.54. The highest BCUT2D eigenvalue weighted by Gasteiger charge is 2.63. The summed E-state index contributed by atoms with van der Waals surface area (Å²) in [6, 6.07) is 0. The maximum Gasteiger partial charge on any atom is 0.335 e. The van der Waals surface area contributed by atoms with Crippen molar-refractivity contribution in [1.29, 1.82) is 0 Å². The Morgan fingerprint density at radius 1 is 0.917 bits per heavy atom. The van der Waals surface area contributed by atoms with E-state index in [1.807, 2.05) is 0 Å². The third-order valence-corrected chi connectivity index (χ3v) is 4.27. The lowest BCUT2D eigenvalue weighted by atomic mass is 9.83. The molecule has 0 aromatic rings. The summed E-state index contributed by atoms with van der Waals surface area (Å²) in [6.07, 6.45) is -18.1. The summed E-state index contributed by atoms with van der Waals surface area (Å²) in [6.45, 7) is -0.846. The number of carboxylic acid groups (broad SMARTS) is 1. The zero-order chi connectivity index (χ0) is 18.4. The van der Waals surface area contributed by atoms with Crippen LogP contribution in [0, 0.1) is 0 Å². The Hall–Kier alpha value is -0.930. The van der Waals surface area contributed by atoms with E-state index >= 15 is 0 Å². The van der Waals surface area contributed by atoms with Crippen LogP contribution in [-0.2, 0) is 14.3 Å².